The third-order valence-electron chi connectivity index (χ3n) is 4.01. The van der Waals surface area contributed by atoms with E-state index in [4.69, 9.17) is 0 Å². The molecule has 2 amide bonds. The largest absolute Gasteiger partial charge is 0.345 e. The first-order valence-electron chi connectivity index (χ1n) is 7.99. The van der Waals surface area contributed by atoms with E-state index in [1.807, 2.05) is 0 Å². The summed E-state index contributed by atoms with van der Waals surface area (Å²) in [6.45, 7) is 1.19. The number of hydrogen-bond donors (Lipinski definition) is 1. The van der Waals surface area contributed by atoms with Crippen molar-refractivity contribution in [1.29, 1.82) is 0 Å². The number of aromatic nitrogens is 2. The minimum Gasteiger partial charge on any atom is -0.345 e. The van der Waals surface area contributed by atoms with Gasteiger partial charge in [-0.1, -0.05) is 12.1 Å². The normalized spacial score (nSPS) is 14.4. The predicted octanol–water partition coefficient (Wildman–Crippen LogP) is 2.09. The minimum atomic E-state index is -2.63. The fourth-order valence-corrected chi connectivity index (χ4v) is 3.43. The van der Waals surface area contributed by atoms with Crippen molar-refractivity contribution in [3.05, 3.63) is 24.3 Å². The zero-order valence-corrected chi connectivity index (χ0v) is 14.3. The van der Waals surface area contributed by atoms with E-state index in [0.29, 0.717) is 22.8 Å². The predicted molar refractivity (Wildman–Crippen MR) is 90.4 cm³/mol. The zero-order valence-electron chi connectivity index (χ0n) is 13.5. The maximum Gasteiger partial charge on any atom is 0.291 e. The number of nitrogens with zero attached hydrogens (tertiary/aromatic N) is 3. The van der Waals surface area contributed by atoms with Gasteiger partial charge in [0.25, 0.3) is 5.76 Å². The summed E-state index contributed by atoms with van der Waals surface area (Å²) in [5.74, 6) is -3.16. The molecule has 1 aromatic heterocycles. The van der Waals surface area contributed by atoms with Crippen LogP contribution < -0.4 is 5.32 Å². The summed E-state index contributed by atoms with van der Waals surface area (Å²) >= 11 is 0.301. The molecule has 2 heterocycles. The number of benzene rings is 1. The van der Waals surface area contributed by atoms with E-state index in [9.17, 15) is 18.4 Å². The molecule has 0 spiro atoms. The zero-order chi connectivity index (χ0) is 17.8. The second-order valence-corrected chi connectivity index (χ2v) is 6.67. The average Bonchev–Trinajstić information content (AvgIpc) is 3.21. The number of alkyl halides is 2. The Balaban J connectivity index is 1.68. The number of halogens is 2. The Labute approximate surface area is 147 Å². The quantitative estimate of drug-likeness (QED) is 0.793. The van der Waals surface area contributed by atoms with Crippen molar-refractivity contribution in [3.8, 4) is 0 Å². The highest BCUT2D eigenvalue weighted by molar-refractivity contribution is 7.99. The van der Waals surface area contributed by atoms with Gasteiger partial charge in [-0.3, -0.25) is 9.59 Å². The number of para-hydroxylation sites is 2. The second kappa shape index (κ2) is 7.81. The number of nitrogens with one attached hydrogen (secondary N) is 1. The third kappa shape index (κ3) is 4.28. The first-order valence-corrected chi connectivity index (χ1v) is 8.87. The first kappa shape index (κ1) is 17.7. The van der Waals surface area contributed by atoms with E-state index >= 15 is 0 Å². The van der Waals surface area contributed by atoms with E-state index in [-0.39, 0.29) is 24.2 Å². The molecule has 2 aromatic rings. The van der Waals surface area contributed by atoms with Crippen LogP contribution >= 0.6 is 11.8 Å². The van der Waals surface area contributed by atoms with Crippen molar-refractivity contribution >= 4 is 34.6 Å². The van der Waals surface area contributed by atoms with Crippen molar-refractivity contribution in [1.82, 2.24) is 19.8 Å². The molecule has 3 rings (SSSR count). The maximum absolute atomic E-state index is 12.8. The topological polar surface area (TPSA) is 67.2 Å². The monoisotopic (exact) mass is 368 g/mol. The second-order valence-electron chi connectivity index (χ2n) is 5.71. The fraction of sp³-hybridized carbons (Fsp3) is 0.438. The molecule has 134 valence electrons. The lowest BCUT2D eigenvalue weighted by molar-refractivity contribution is -0.132. The highest BCUT2D eigenvalue weighted by Gasteiger charge is 2.20. The Kier molecular flexibility index (Phi) is 5.52. The van der Waals surface area contributed by atoms with Gasteiger partial charge < -0.3 is 14.8 Å². The molecule has 0 atom stereocenters. The Morgan fingerprint density at radius 3 is 2.68 bits per heavy atom. The number of carbonyl (C=O) groups is 2. The van der Waals surface area contributed by atoms with Crippen molar-refractivity contribution in [2.24, 2.45) is 0 Å². The number of imidazole rings is 1. The van der Waals surface area contributed by atoms with Crippen LogP contribution in [0.3, 0.4) is 0 Å². The molecule has 1 aliphatic rings. The smallest absolute Gasteiger partial charge is 0.291 e. The van der Waals surface area contributed by atoms with Crippen LogP contribution in [0.25, 0.3) is 11.0 Å². The number of hydrogen-bond acceptors (Lipinski definition) is 4. The van der Waals surface area contributed by atoms with Gasteiger partial charge in [0, 0.05) is 13.1 Å². The average molecular weight is 368 g/mol. The lowest BCUT2D eigenvalue weighted by Gasteiger charge is -2.15. The van der Waals surface area contributed by atoms with Crippen molar-refractivity contribution in [3.63, 3.8) is 0 Å². The van der Waals surface area contributed by atoms with E-state index in [2.05, 4.69) is 10.3 Å². The lowest BCUT2D eigenvalue weighted by atomic mass is 10.3. The summed E-state index contributed by atoms with van der Waals surface area (Å²) in [5, 5.41) is 2.65. The molecule has 25 heavy (non-hydrogen) atoms. The van der Waals surface area contributed by atoms with Gasteiger partial charge in [-0.15, -0.1) is 0 Å². The van der Waals surface area contributed by atoms with Gasteiger partial charge in [-0.2, -0.15) is 8.78 Å². The molecule has 0 bridgehead atoms. The standard InChI is InChI=1S/C16H18F2N4O2S/c17-15(18)25-16-20-11-5-1-2-6-12(11)22(16)10-13(23)19-9-14(24)21-7-3-4-8-21/h1-2,5-6,15H,3-4,7-10H2,(H,19,23). The number of fused-ring (bicyclic) bond motifs is 1. The molecule has 9 heteroatoms. The Bertz CT molecular complexity index is 775. The van der Waals surface area contributed by atoms with Crippen molar-refractivity contribution in [2.45, 2.75) is 30.3 Å². The van der Waals surface area contributed by atoms with Crippen LogP contribution in [0.2, 0.25) is 0 Å². The van der Waals surface area contributed by atoms with Gasteiger partial charge in [0.05, 0.1) is 17.6 Å². The van der Waals surface area contributed by atoms with Crippen LogP contribution in [-0.4, -0.2) is 51.7 Å². The third-order valence-corrected chi connectivity index (χ3v) is 4.71. The number of thioether (sulfide) groups is 1. The van der Waals surface area contributed by atoms with Gasteiger partial charge in [-0.25, -0.2) is 4.98 Å². The SMILES string of the molecule is O=C(Cn1c(SC(F)F)nc2ccccc21)NCC(=O)N1CCCC1. The maximum atomic E-state index is 12.8. The summed E-state index contributed by atoms with van der Waals surface area (Å²) in [7, 11) is 0. The molecule has 1 aromatic carbocycles. The fourth-order valence-electron chi connectivity index (χ4n) is 2.83. The van der Waals surface area contributed by atoms with Gasteiger partial charge in [0.15, 0.2) is 5.16 Å². The van der Waals surface area contributed by atoms with Crippen LogP contribution in [0.15, 0.2) is 29.4 Å². The molecular weight excluding hydrogens is 350 g/mol. The molecule has 1 N–H and O–H groups in total. The van der Waals surface area contributed by atoms with Gasteiger partial charge in [0.1, 0.15) is 6.54 Å². The number of rotatable bonds is 6. The summed E-state index contributed by atoms with van der Waals surface area (Å²) < 4.78 is 27.0. The summed E-state index contributed by atoms with van der Waals surface area (Å²) in [6, 6.07) is 6.94. The van der Waals surface area contributed by atoms with Crippen molar-refractivity contribution < 1.29 is 18.4 Å². The van der Waals surface area contributed by atoms with Crippen LogP contribution in [0.1, 0.15) is 12.8 Å². The molecule has 6 nitrogen and oxygen atoms in total. The Morgan fingerprint density at radius 2 is 1.96 bits per heavy atom. The number of likely N-dealkylation sites (tertiary alicyclic amines) is 1. The number of amides is 2. The highest BCUT2D eigenvalue weighted by atomic mass is 32.2. The lowest BCUT2D eigenvalue weighted by Crippen LogP contribution is -2.39. The van der Waals surface area contributed by atoms with E-state index in [0.717, 1.165) is 25.9 Å². The molecule has 0 radical (unpaired) electrons. The molecule has 0 saturated carbocycles. The van der Waals surface area contributed by atoms with E-state index < -0.39 is 11.7 Å². The van der Waals surface area contributed by atoms with Crippen LogP contribution in [0.5, 0.6) is 0 Å². The number of carbonyl (C=O) groups excluding carboxylic acids is 2. The van der Waals surface area contributed by atoms with Crippen LogP contribution in [0, 0.1) is 0 Å². The molecular formula is C16H18F2N4O2S. The molecule has 0 aliphatic carbocycles. The molecule has 1 fully saturated rings. The van der Waals surface area contributed by atoms with Gasteiger partial charge in [0.2, 0.25) is 11.8 Å². The molecule has 1 aliphatic heterocycles. The highest BCUT2D eigenvalue weighted by Crippen LogP contribution is 2.28. The van der Waals surface area contributed by atoms with Crippen molar-refractivity contribution in [2.75, 3.05) is 19.6 Å². The Hall–Kier alpha value is -2.16. The van der Waals surface area contributed by atoms with Crippen LogP contribution in [-0.2, 0) is 16.1 Å². The van der Waals surface area contributed by atoms with E-state index in [1.54, 1.807) is 29.2 Å². The Morgan fingerprint density at radius 1 is 1.24 bits per heavy atom. The van der Waals surface area contributed by atoms with Gasteiger partial charge in [-0.05, 0) is 36.7 Å². The molecule has 1 saturated heterocycles. The van der Waals surface area contributed by atoms with E-state index in [1.165, 1.54) is 4.57 Å². The molecule has 0 unspecified atom stereocenters. The first-order chi connectivity index (χ1) is 12.0. The summed E-state index contributed by atoms with van der Waals surface area (Å²) in [4.78, 5) is 30.0. The summed E-state index contributed by atoms with van der Waals surface area (Å²) in [5.41, 5.74) is 1.15. The minimum absolute atomic E-state index is 0.0806. The summed E-state index contributed by atoms with van der Waals surface area (Å²) in [6.07, 6.45) is 1.96. The van der Waals surface area contributed by atoms with Crippen LogP contribution in [0.4, 0.5) is 8.78 Å². The van der Waals surface area contributed by atoms with Gasteiger partial charge >= 0.3 is 0 Å².